The van der Waals surface area contributed by atoms with Crippen LogP contribution in [-0.2, 0) is 0 Å². The van der Waals surface area contributed by atoms with E-state index >= 15 is 0 Å². The predicted octanol–water partition coefficient (Wildman–Crippen LogP) is 3.23. The first-order chi connectivity index (χ1) is 12.6. The van der Waals surface area contributed by atoms with Crippen LogP contribution in [0.4, 0.5) is 5.69 Å². The Morgan fingerprint density at radius 2 is 2.00 bits per heavy atom. The van der Waals surface area contributed by atoms with Gasteiger partial charge >= 0.3 is 0 Å². The number of fused-ring (bicyclic) bond motifs is 1. The normalized spacial score (nSPS) is 11.9. The molecule has 26 heavy (non-hydrogen) atoms. The number of benzene rings is 2. The summed E-state index contributed by atoms with van der Waals surface area (Å²) < 4.78 is 6.54. The molecule has 0 fully saturated rings. The van der Waals surface area contributed by atoms with Crippen LogP contribution in [0.2, 0.25) is 0 Å². The Kier molecular flexibility index (Phi) is 5.57. The van der Waals surface area contributed by atoms with E-state index in [-0.39, 0.29) is 13.2 Å². The molecule has 1 heterocycles. The van der Waals surface area contributed by atoms with Gasteiger partial charge in [0.1, 0.15) is 30.0 Å². The molecule has 1 atom stereocenters. The smallest absolute Gasteiger partial charge is 0.217 e. The van der Waals surface area contributed by atoms with Crippen molar-refractivity contribution in [3.05, 3.63) is 52.3 Å². The number of anilines is 1. The van der Waals surface area contributed by atoms with E-state index in [2.05, 4.69) is 39.6 Å². The van der Waals surface area contributed by atoms with Gasteiger partial charge in [-0.25, -0.2) is 4.98 Å². The van der Waals surface area contributed by atoms with Crippen molar-refractivity contribution in [3.8, 4) is 16.3 Å². The first-order valence-corrected chi connectivity index (χ1v) is 8.85. The predicted molar refractivity (Wildman–Crippen MR) is 108 cm³/mol. The minimum absolute atomic E-state index is 0.0262. The number of ether oxygens (including phenoxy) is 1. The second-order valence-electron chi connectivity index (χ2n) is 5.97. The summed E-state index contributed by atoms with van der Waals surface area (Å²) in [5.41, 5.74) is 3.07. The molecule has 2 aromatic carbocycles. The fourth-order valence-electron chi connectivity index (χ4n) is 2.42. The van der Waals surface area contributed by atoms with Gasteiger partial charge in [-0.15, -0.1) is 11.3 Å². The van der Waals surface area contributed by atoms with Crippen LogP contribution in [0.15, 0.2) is 52.8 Å². The largest absolute Gasteiger partial charge is 0.491 e. The monoisotopic (exact) mass is 368 g/mol. The third-order valence-corrected chi connectivity index (χ3v) is 4.93. The molecule has 0 radical (unpaired) electrons. The van der Waals surface area contributed by atoms with Crippen LogP contribution < -0.4 is 9.55 Å². The molecule has 3 aromatic rings. The van der Waals surface area contributed by atoms with Gasteiger partial charge in [-0.2, -0.15) is 9.81 Å². The van der Waals surface area contributed by atoms with Crippen molar-refractivity contribution < 1.29 is 4.74 Å². The molecule has 1 aromatic heterocycles. The van der Waals surface area contributed by atoms with Gasteiger partial charge in [0.2, 0.25) is 7.98 Å². The number of aromatic nitrogens is 1. The molecule has 0 saturated carbocycles. The number of hydrogen-bond acceptors (Lipinski definition) is 8. The fourth-order valence-corrected chi connectivity index (χ4v) is 3.41. The molecule has 3 rings (SSSR count). The molecule has 9 heteroatoms. The quantitative estimate of drug-likeness (QED) is 0.450. The summed E-state index contributed by atoms with van der Waals surface area (Å²) in [4.78, 5) is 27.6. The first-order valence-electron chi connectivity index (χ1n) is 8.03. The highest BCUT2D eigenvalue weighted by molar-refractivity contribution is 7.21. The Morgan fingerprint density at radius 3 is 2.65 bits per heavy atom. The Morgan fingerprint density at radius 1 is 1.23 bits per heavy atom. The third-order valence-electron chi connectivity index (χ3n) is 3.87. The standard InChI is InChI=1S/C17H17BN4O3S/c1-22(18)13-4-2-11(3-5-13)17-20-15-7-6-14(8-16(15)26-17)25-10-12(21-24)9-19-23/h2-8,12H,9-10,18H2,1H3. The van der Waals surface area contributed by atoms with E-state index < -0.39 is 6.04 Å². The third kappa shape index (κ3) is 4.05. The summed E-state index contributed by atoms with van der Waals surface area (Å²) in [5.74, 6) is 0.607. The summed E-state index contributed by atoms with van der Waals surface area (Å²) in [6.07, 6.45) is 0. The molecule has 0 aliphatic carbocycles. The maximum Gasteiger partial charge on any atom is 0.217 e. The zero-order valence-corrected chi connectivity index (χ0v) is 15.3. The minimum Gasteiger partial charge on any atom is -0.491 e. The van der Waals surface area contributed by atoms with Crippen molar-refractivity contribution in [2.75, 3.05) is 25.0 Å². The first kappa shape index (κ1) is 18.0. The molecule has 0 N–H and O–H groups in total. The highest BCUT2D eigenvalue weighted by Gasteiger charge is 2.12. The van der Waals surface area contributed by atoms with E-state index in [1.165, 1.54) is 0 Å². The molecule has 0 bridgehead atoms. The number of thiazole rings is 1. The summed E-state index contributed by atoms with van der Waals surface area (Å²) in [7, 11) is 4.01. The Bertz CT molecular complexity index is 914. The van der Waals surface area contributed by atoms with Crippen molar-refractivity contribution in [1.82, 2.24) is 4.98 Å². The Balaban J connectivity index is 1.78. The average Bonchev–Trinajstić information content (AvgIpc) is 3.08. The second kappa shape index (κ2) is 8.05. The van der Waals surface area contributed by atoms with Gasteiger partial charge in [0.25, 0.3) is 0 Å². The number of hydrogen-bond donors (Lipinski definition) is 0. The van der Waals surface area contributed by atoms with Crippen LogP contribution in [0.25, 0.3) is 20.8 Å². The van der Waals surface area contributed by atoms with Gasteiger partial charge in [0, 0.05) is 11.3 Å². The number of nitrogens with zero attached hydrogens (tertiary/aromatic N) is 4. The van der Waals surface area contributed by atoms with E-state index in [0.717, 1.165) is 26.5 Å². The molecule has 7 nitrogen and oxygen atoms in total. The number of nitroso groups, excluding NO2 is 2. The SMILES string of the molecule is BN(C)c1ccc(-c2nc3ccc(OCC(CN=O)N=O)cc3s2)cc1. The lowest BCUT2D eigenvalue weighted by Gasteiger charge is -2.12. The van der Waals surface area contributed by atoms with Gasteiger partial charge < -0.3 is 9.55 Å². The molecule has 0 aliphatic heterocycles. The fraction of sp³-hybridized carbons (Fsp3) is 0.235. The van der Waals surface area contributed by atoms with Crippen molar-refractivity contribution in [2.24, 2.45) is 10.4 Å². The highest BCUT2D eigenvalue weighted by Crippen LogP contribution is 2.33. The molecule has 0 spiro atoms. The van der Waals surface area contributed by atoms with Crippen LogP contribution in [0.1, 0.15) is 0 Å². The lowest BCUT2D eigenvalue weighted by molar-refractivity contribution is 0.291. The van der Waals surface area contributed by atoms with Gasteiger partial charge in [0.05, 0.1) is 10.2 Å². The number of rotatable bonds is 8. The maximum absolute atomic E-state index is 10.6. The molecule has 0 aliphatic rings. The van der Waals surface area contributed by atoms with E-state index in [1.54, 1.807) is 17.4 Å². The van der Waals surface area contributed by atoms with Gasteiger partial charge in [-0.1, -0.05) is 10.4 Å². The molecular formula is C17H17BN4O3S. The lowest BCUT2D eigenvalue weighted by Crippen LogP contribution is -2.18. The summed E-state index contributed by atoms with van der Waals surface area (Å²) in [6, 6.07) is 13.0. The van der Waals surface area contributed by atoms with E-state index in [1.807, 2.05) is 32.0 Å². The topological polar surface area (TPSA) is 84.2 Å². The maximum atomic E-state index is 10.6. The van der Waals surface area contributed by atoms with Crippen LogP contribution in [0, 0.1) is 9.81 Å². The van der Waals surface area contributed by atoms with Gasteiger partial charge in [-0.05, 0) is 49.5 Å². The van der Waals surface area contributed by atoms with Crippen molar-refractivity contribution in [3.63, 3.8) is 0 Å². The van der Waals surface area contributed by atoms with Crippen LogP contribution in [0.3, 0.4) is 0 Å². The van der Waals surface area contributed by atoms with Crippen molar-refractivity contribution >= 4 is 35.2 Å². The molecule has 1 unspecified atom stereocenters. The second-order valence-corrected chi connectivity index (χ2v) is 7.00. The van der Waals surface area contributed by atoms with Crippen LogP contribution in [0.5, 0.6) is 5.75 Å². The molecule has 132 valence electrons. The van der Waals surface area contributed by atoms with Crippen LogP contribution >= 0.6 is 11.3 Å². The van der Waals surface area contributed by atoms with E-state index in [0.29, 0.717) is 5.75 Å². The zero-order valence-electron chi connectivity index (χ0n) is 14.5. The van der Waals surface area contributed by atoms with Crippen molar-refractivity contribution in [1.29, 1.82) is 0 Å². The molecular weight excluding hydrogens is 351 g/mol. The van der Waals surface area contributed by atoms with E-state index in [4.69, 9.17) is 4.74 Å². The molecule has 0 amide bonds. The highest BCUT2D eigenvalue weighted by atomic mass is 32.1. The summed E-state index contributed by atoms with van der Waals surface area (Å²) in [5, 5.41) is 6.46. The molecule has 0 saturated heterocycles. The summed E-state index contributed by atoms with van der Waals surface area (Å²) in [6.45, 7) is -0.155. The van der Waals surface area contributed by atoms with Crippen molar-refractivity contribution in [2.45, 2.75) is 6.04 Å². The van der Waals surface area contributed by atoms with E-state index in [9.17, 15) is 9.81 Å². The Labute approximate surface area is 155 Å². The van der Waals surface area contributed by atoms with Crippen LogP contribution in [-0.4, -0.2) is 39.2 Å². The minimum atomic E-state index is -0.768. The average molecular weight is 368 g/mol. The van der Waals surface area contributed by atoms with Gasteiger partial charge in [-0.3, -0.25) is 0 Å². The lowest BCUT2D eigenvalue weighted by atomic mass is 10.2. The summed E-state index contributed by atoms with van der Waals surface area (Å²) >= 11 is 1.57. The Hall–Kier alpha value is -2.81. The van der Waals surface area contributed by atoms with Gasteiger partial charge in [0.15, 0.2) is 0 Å². The zero-order chi connectivity index (χ0) is 18.5.